The van der Waals surface area contributed by atoms with Gasteiger partial charge < -0.3 is 5.32 Å². The van der Waals surface area contributed by atoms with E-state index in [4.69, 9.17) is 5.73 Å². The number of allylic oxidation sites excluding steroid dienone is 3. The Morgan fingerprint density at radius 1 is 1.43 bits per heavy atom. The van der Waals surface area contributed by atoms with E-state index in [2.05, 4.69) is 5.32 Å². The molecule has 0 bridgehead atoms. The van der Waals surface area contributed by atoms with Crippen LogP contribution in [-0.4, -0.2) is 17.2 Å². The maximum Gasteiger partial charge on any atom is 0.175 e. The van der Waals surface area contributed by atoms with Gasteiger partial charge in [0.15, 0.2) is 17.2 Å². The Hall–Kier alpha value is -0.901. The van der Waals surface area contributed by atoms with Crippen molar-refractivity contribution in [1.29, 1.82) is 0 Å². The van der Waals surface area contributed by atoms with Gasteiger partial charge in [-0.2, -0.15) is 0 Å². The number of hydrogen-bond donors (Lipinski definition) is 2. The summed E-state index contributed by atoms with van der Waals surface area (Å²) in [6, 6.07) is 0. The molecule has 0 fully saturated rings. The summed E-state index contributed by atoms with van der Waals surface area (Å²) in [6.07, 6.45) is 4.73. The third-order valence-electron chi connectivity index (χ3n) is 1.93. The number of dihydropyridines is 1. The minimum Gasteiger partial charge on any atom is -0.355 e. The van der Waals surface area contributed by atoms with Gasteiger partial charge >= 0.3 is 0 Å². The molecule has 14 heavy (non-hydrogen) atoms. The molecule has 1 atom stereocenters. The van der Waals surface area contributed by atoms with Crippen LogP contribution in [0.4, 0.5) is 0 Å². The molecule has 1 heterocycles. The van der Waals surface area contributed by atoms with Crippen LogP contribution in [0.1, 0.15) is 13.8 Å². The van der Waals surface area contributed by atoms with Crippen LogP contribution in [0.15, 0.2) is 23.9 Å². The third-order valence-corrected chi connectivity index (χ3v) is 1.93. The fraction of sp³-hybridized carbons (Fsp3) is 0.333. The predicted molar refractivity (Wildman–Crippen MR) is 48.6 cm³/mol. The number of Topliss-reactive ketones (excluding diaryl/α,β-unsaturated/α-hetero) is 2. The molecule has 1 unspecified atom stereocenters. The molecule has 0 amide bonds. The van der Waals surface area contributed by atoms with Gasteiger partial charge in [-0.3, -0.25) is 15.3 Å². The molecule has 0 saturated heterocycles. The van der Waals surface area contributed by atoms with E-state index in [0.29, 0.717) is 5.70 Å². The van der Waals surface area contributed by atoms with E-state index >= 15 is 0 Å². The number of ketones is 2. The van der Waals surface area contributed by atoms with E-state index in [1.54, 1.807) is 12.2 Å². The second kappa shape index (κ2) is 4.55. The SMILES string of the molecule is CC(=O)C1=CC=CC(N)(C(C)=O)N1.[Fe]. The third kappa shape index (κ3) is 2.54. The van der Waals surface area contributed by atoms with Crippen molar-refractivity contribution in [3.05, 3.63) is 23.9 Å². The first-order valence-electron chi connectivity index (χ1n) is 3.94. The fourth-order valence-corrected chi connectivity index (χ4v) is 1.01. The standard InChI is InChI=1S/C9H12N2O2.Fe/c1-6(12)8-4-3-5-9(10,11-8)7(2)13;/h3-5,11H,10H2,1-2H3;. The molecule has 0 spiro atoms. The van der Waals surface area contributed by atoms with Gasteiger partial charge in [0.05, 0.1) is 5.70 Å². The van der Waals surface area contributed by atoms with E-state index in [-0.39, 0.29) is 28.6 Å². The topological polar surface area (TPSA) is 72.2 Å². The number of nitrogens with one attached hydrogen (secondary N) is 1. The zero-order chi connectivity index (χ0) is 10.1. The predicted octanol–water partition coefficient (Wildman–Crippen LogP) is -0.140. The molecular formula is C9H12FeN2O2. The van der Waals surface area contributed by atoms with E-state index in [1.807, 2.05) is 0 Å². The number of hydrogen-bond acceptors (Lipinski definition) is 4. The van der Waals surface area contributed by atoms with Gasteiger partial charge in [0.1, 0.15) is 0 Å². The van der Waals surface area contributed by atoms with Crippen molar-refractivity contribution in [2.75, 3.05) is 0 Å². The molecule has 4 nitrogen and oxygen atoms in total. The fourth-order valence-electron chi connectivity index (χ4n) is 1.01. The molecule has 5 heteroatoms. The Morgan fingerprint density at radius 2 is 2.00 bits per heavy atom. The van der Waals surface area contributed by atoms with Crippen LogP contribution in [0, 0.1) is 0 Å². The van der Waals surface area contributed by atoms with E-state index < -0.39 is 5.66 Å². The quantitative estimate of drug-likeness (QED) is 0.654. The van der Waals surface area contributed by atoms with Gasteiger partial charge in [0.2, 0.25) is 0 Å². The summed E-state index contributed by atoms with van der Waals surface area (Å²) in [7, 11) is 0. The number of carbonyl (C=O) groups is 2. The average molecular weight is 236 g/mol. The Bertz CT molecular complexity index is 323. The number of carbonyl (C=O) groups excluding carboxylic acids is 2. The average Bonchev–Trinajstić information content (AvgIpc) is 2.04. The summed E-state index contributed by atoms with van der Waals surface area (Å²) < 4.78 is 0. The van der Waals surface area contributed by atoms with Crippen LogP contribution >= 0.6 is 0 Å². The summed E-state index contributed by atoms with van der Waals surface area (Å²) in [5, 5.41) is 2.68. The molecule has 78 valence electrons. The first kappa shape index (κ1) is 13.1. The maximum absolute atomic E-state index is 11.1. The molecule has 0 radical (unpaired) electrons. The van der Waals surface area contributed by atoms with Crippen LogP contribution < -0.4 is 11.1 Å². The maximum atomic E-state index is 11.1. The van der Waals surface area contributed by atoms with Gasteiger partial charge in [-0.1, -0.05) is 6.08 Å². The molecule has 0 aromatic carbocycles. The van der Waals surface area contributed by atoms with Gasteiger partial charge in [-0.25, -0.2) is 0 Å². The normalized spacial score (nSPS) is 24.4. The zero-order valence-corrected chi connectivity index (χ0v) is 9.08. The van der Waals surface area contributed by atoms with Crippen molar-refractivity contribution in [2.45, 2.75) is 19.5 Å². The second-order valence-corrected chi connectivity index (χ2v) is 3.05. The molecule has 0 aromatic heterocycles. The first-order chi connectivity index (χ1) is 5.96. The summed E-state index contributed by atoms with van der Waals surface area (Å²) >= 11 is 0. The molecule has 1 rings (SSSR count). The van der Waals surface area contributed by atoms with Crippen LogP contribution in [0.5, 0.6) is 0 Å². The van der Waals surface area contributed by atoms with Crippen molar-refractivity contribution in [1.82, 2.24) is 5.32 Å². The van der Waals surface area contributed by atoms with Crippen molar-refractivity contribution in [2.24, 2.45) is 5.73 Å². The summed E-state index contributed by atoms with van der Waals surface area (Å²) in [6.45, 7) is 2.79. The van der Waals surface area contributed by atoms with Crippen molar-refractivity contribution in [3.8, 4) is 0 Å². The zero-order valence-electron chi connectivity index (χ0n) is 7.98. The van der Waals surface area contributed by atoms with Crippen molar-refractivity contribution in [3.63, 3.8) is 0 Å². The minimum absolute atomic E-state index is 0. The van der Waals surface area contributed by atoms with E-state index in [0.717, 1.165) is 0 Å². The Labute approximate surface area is 93.1 Å². The van der Waals surface area contributed by atoms with Crippen LogP contribution in [-0.2, 0) is 26.7 Å². The second-order valence-electron chi connectivity index (χ2n) is 3.05. The minimum atomic E-state index is -1.23. The van der Waals surface area contributed by atoms with E-state index in [9.17, 15) is 9.59 Å². The van der Waals surface area contributed by atoms with E-state index in [1.165, 1.54) is 19.9 Å². The number of nitrogens with two attached hydrogens (primary N) is 1. The summed E-state index contributed by atoms with van der Waals surface area (Å²) in [5.41, 5.74) is 4.82. The monoisotopic (exact) mass is 236 g/mol. The van der Waals surface area contributed by atoms with Crippen molar-refractivity contribution >= 4 is 11.6 Å². The molecule has 3 N–H and O–H groups in total. The smallest absolute Gasteiger partial charge is 0.175 e. The molecule has 1 aliphatic rings. The molecular weight excluding hydrogens is 224 g/mol. The van der Waals surface area contributed by atoms with Gasteiger partial charge in [0, 0.05) is 24.0 Å². The first-order valence-corrected chi connectivity index (χ1v) is 3.94. The molecule has 0 saturated carbocycles. The van der Waals surface area contributed by atoms with Gasteiger partial charge in [-0.15, -0.1) is 0 Å². The Morgan fingerprint density at radius 3 is 2.43 bits per heavy atom. The van der Waals surface area contributed by atoms with Crippen LogP contribution in [0.25, 0.3) is 0 Å². The van der Waals surface area contributed by atoms with Gasteiger partial charge in [-0.05, 0) is 19.1 Å². The molecule has 0 aromatic rings. The van der Waals surface area contributed by atoms with Crippen LogP contribution in [0.3, 0.4) is 0 Å². The largest absolute Gasteiger partial charge is 0.355 e. The Balaban J connectivity index is 0.00000169. The molecule has 1 aliphatic heterocycles. The molecule has 0 aliphatic carbocycles. The number of rotatable bonds is 2. The summed E-state index contributed by atoms with van der Waals surface area (Å²) in [5.74, 6) is -0.365. The van der Waals surface area contributed by atoms with Gasteiger partial charge in [0.25, 0.3) is 0 Å². The summed E-state index contributed by atoms with van der Waals surface area (Å²) in [4.78, 5) is 22.1. The van der Waals surface area contributed by atoms with Crippen molar-refractivity contribution < 1.29 is 26.7 Å². The van der Waals surface area contributed by atoms with Crippen LogP contribution in [0.2, 0.25) is 0 Å². The Kier molecular flexibility index (Phi) is 4.26.